The number of likely N-dealkylation sites (tertiary alicyclic amines) is 1. The monoisotopic (exact) mass is 451 g/mol. The summed E-state index contributed by atoms with van der Waals surface area (Å²) in [4.78, 5) is 2.44. The van der Waals surface area contributed by atoms with Crippen molar-refractivity contribution in [2.75, 3.05) is 19.6 Å². The van der Waals surface area contributed by atoms with Crippen molar-refractivity contribution < 1.29 is 19.0 Å². The van der Waals surface area contributed by atoms with Crippen LogP contribution in [0.15, 0.2) is 23.3 Å². The van der Waals surface area contributed by atoms with Gasteiger partial charge in [0.1, 0.15) is 0 Å². The number of halogens is 2. The van der Waals surface area contributed by atoms with E-state index < -0.39 is 18.6 Å². The number of rotatable bonds is 6. The minimum absolute atomic E-state index is 0.0613. The Labute approximate surface area is 193 Å². The third kappa shape index (κ3) is 5.47. The number of fused-ring (bicyclic) bond motifs is 1. The van der Waals surface area contributed by atoms with E-state index in [1.807, 2.05) is 0 Å². The molecular formula is C27H43F2NO2. The van der Waals surface area contributed by atoms with E-state index in [0.717, 1.165) is 32.5 Å². The summed E-state index contributed by atoms with van der Waals surface area (Å²) in [7, 11) is 0. The van der Waals surface area contributed by atoms with Gasteiger partial charge in [-0.1, -0.05) is 37.1 Å². The van der Waals surface area contributed by atoms with Crippen LogP contribution in [0.1, 0.15) is 78.1 Å². The summed E-state index contributed by atoms with van der Waals surface area (Å²) in [6.07, 6.45) is 10.6. The standard InChI is InChI=1S/C27H43F2NO2/c1-18(16-30-11-9-20(17-30)14-26(28)29)24-7-8-25-21(4-3-10-27(24,25)2)6-5-19-12-22(31)15-23(32)13-19/h5-6,18,20,22-26,31-32H,3-4,7-17H2,1-2H3/b19-5-,21-6?/t18?,20?,22-,23+,24-,25+,27-/m1/s1. The van der Waals surface area contributed by atoms with Gasteiger partial charge in [-0.15, -0.1) is 0 Å². The summed E-state index contributed by atoms with van der Waals surface area (Å²) < 4.78 is 25.5. The molecule has 0 amide bonds. The fourth-order valence-electron chi connectivity index (χ4n) is 7.80. The maximum atomic E-state index is 12.8. The first-order valence-electron chi connectivity index (χ1n) is 13.0. The average molecular weight is 452 g/mol. The van der Waals surface area contributed by atoms with E-state index in [-0.39, 0.29) is 12.3 Å². The number of aliphatic hydroxyl groups excluding tert-OH is 2. The molecule has 4 fully saturated rings. The molecule has 0 spiro atoms. The minimum atomic E-state index is -2.17. The summed E-state index contributed by atoms with van der Waals surface area (Å²) in [5, 5.41) is 20.0. The molecule has 0 radical (unpaired) electrons. The van der Waals surface area contributed by atoms with Gasteiger partial charge in [-0.05, 0) is 93.4 Å². The highest BCUT2D eigenvalue weighted by Crippen LogP contribution is 2.59. The third-order valence-electron chi connectivity index (χ3n) is 9.23. The summed E-state index contributed by atoms with van der Waals surface area (Å²) in [6, 6.07) is 0. The van der Waals surface area contributed by atoms with Gasteiger partial charge in [0, 0.05) is 19.5 Å². The zero-order valence-electron chi connectivity index (χ0n) is 20.0. The van der Waals surface area contributed by atoms with Gasteiger partial charge >= 0.3 is 0 Å². The van der Waals surface area contributed by atoms with Gasteiger partial charge in [0.2, 0.25) is 6.43 Å². The highest BCUT2D eigenvalue weighted by Gasteiger charge is 2.50. The van der Waals surface area contributed by atoms with Crippen LogP contribution in [-0.4, -0.2) is 53.4 Å². The topological polar surface area (TPSA) is 43.7 Å². The SMILES string of the molecule is CC(CN1CCC(CC(F)F)C1)[C@H]1CC[C@H]2C(=C/C=C3/C[C@@H](O)C[C@@H](O)C3)CCC[C@]12C. The van der Waals surface area contributed by atoms with E-state index in [4.69, 9.17) is 0 Å². The van der Waals surface area contributed by atoms with E-state index in [0.29, 0.717) is 42.4 Å². The number of nitrogens with zero attached hydrogens (tertiary/aromatic N) is 1. The summed E-state index contributed by atoms with van der Waals surface area (Å²) in [5.74, 6) is 2.08. The van der Waals surface area contributed by atoms with Gasteiger partial charge in [-0.2, -0.15) is 0 Å². The van der Waals surface area contributed by atoms with Crippen molar-refractivity contribution in [1.82, 2.24) is 4.90 Å². The normalized spacial score (nSPS) is 42.2. The molecule has 0 aromatic heterocycles. The summed E-state index contributed by atoms with van der Waals surface area (Å²) >= 11 is 0. The zero-order chi connectivity index (χ0) is 22.9. The van der Waals surface area contributed by atoms with E-state index in [2.05, 4.69) is 30.9 Å². The lowest BCUT2D eigenvalue weighted by atomic mass is 9.61. The molecule has 3 saturated carbocycles. The lowest BCUT2D eigenvalue weighted by Gasteiger charge is -2.45. The fourth-order valence-corrected chi connectivity index (χ4v) is 7.80. The van der Waals surface area contributed by atoms with Crippen LogP contribution in [0, 0.1) is 29.1 Å². The van der Waals surface area contributed by atoms with Gasteiger partial charge < -0.3 is 15.1 Å². The highest BCUT2D eigenvalue weighted by atomic mass is 19.3. The van der Waals surface area contributed by atoms with Gasteiger partial charge in [-0.3, -0.25) is 0 Å². The second kappa shape index (κ2) is 10.2. The van der Waals surface area contributed by atoms with E-state index >= 15 is 0 Å². The molecule has 0 bridgehead atoms. The van der Waals surface area contributed by atoms with Gasteiger partial charge in [0.05, 0.1) is 12.2 Å². The molecule has 0 aromatic rings. The van der Waals surface area contributed by atoms with Crippen LogP contribution < -0.4 is 0 Å². The second-order valence-corrected chi connectivity index (χ2v) is 11.6. The van der Waals surface area contributed by atoms with Crippen LogP contribution in [0.2, 0.25) is 0 Å². The van der Waals surface area contributed by atoms with E-state index in [1.165, 1.54) is 31.3 Å². The number of hydrogen-bond acceptors (Lipinski definition) is 3. The number of aliphatic hydroxyl groups is 2. The van der Waals surface area contributed by atoms with Gasteiger partial charge in [0.15, 0.2) is 0 Å². The van der Waals surface area contributed by atoms with Gasteiger partial charge in [0.25, 0.3) is 0 Å². The number of hydrogen-bond donors (Lipinski definition) is 2. The van der Waals surface area contributed by atoms with Crippen LogP contribution in [0.4, 0.5) is 8.78 Å². The largest absolute Gasteiger partial charge is 0.393 e. The van der Waals surface area contributed by atoms with Crippen LogP contribution in [0.5, 0.6) is 0 Å². The molecule has 32 heavy (non-hydrogen) atoms. The summed E-state index contributed by atoms with van der Waals surface area (Å²) in [5.41, 5.74) is 3.07. The molecule has 182 valence electrons. The molecule has 3 nitrogen and oxygen atoms in total. The lowest BCUT2D eigenvalue weighted by molar-refractivity contribution is 0.0609. The van der Waals surface area contributed by atoms with Crippen LogP contribution in [-0.2, 0) is 0 Å². The smallest absolute Gasteiger partial charge is 0.238 e. The van der Waals surface area contributed by atoms with Crippen LogP contribution >= 0.6 is 0 Å². The van der Waals surface area contributed by atoms with Crippen molar-refractivity contribution in [2.45, 2.75) is 96.7 Å². The third-order valence-corrected chi connectivity index (χ3v) is 9.23. The maximum absolute atomic E-state index is 12.8. The van der Waals surface area contributed by atoms with Crippen molar-refractivity contribution in [2.24, 2.45) is 29.1 Å². The molecule has 4 aliphatic rings. The molecule has 2 N–H and O–H groups in total. The Morgan fingerprint density at radius 1 is 1.12 bits per heavy atom. The van der Waals surface area contributed by atoms with E-state index in [9.17, 15) is 19.0 Å². The maximum Gasteiger partial charge on any atom is 0.238 e. The number of allylic oxidation sites excluding steroid dienone is 3. The lowest BCUT2D eigenvalue weighted by Crippen LogP contribution is -2.39. The molecule has 2 unspecified atom stereocenters. The van der Waals surface area contributed by atoms with Crippen molar-refractivity contribution in [3.05, 3.63) is 23.3 Å². The molecule has 1 aliphatic heterocycles. The molecule has 4 rings (SSSR count). The molecular weight excluding hydrogens is 408 g/mol. The number of alkyl halides is 2. The Morgan fingerprint density at radius 3 is 2.59 bits per heavy atom. The quantitative estimate of drug-likeness (QED) is 0.554. The molecule has 0 aromatic carbocycles. The van der Waals surface area contributed by atoms with Crippen LogP contribution in [0.25, 0.3) is 0 Å². The van der Waals surface area contributed by atoms with Crippen LogP contribution in [0.3, 0.4) is 0 Å². The first-order chi connectivity index (χ1) is 15.2. The molecule has 1 heterocycles. The second-order valence-electron chi connectivity index (χ2n) is 11.6. The molecule has 3 aliphatic carbocycles. The van der Waals surface area contributed by atoms with E-state index in [1.54, 1.807) is 5.57 Å². The summed E-state index contributed by atoms with van der Waals surface area (Å²) in [6.45, 7) is 7.77. The molecule has 7 atom stereocenters. The van der Waals surface area contributed by atoms with Crippen molar-refractivity contribution >= 4 is 0 Å². The Bertz CT molecular complexity index is 696. The Kier molecular flexibility index (Phi) is 7.78. The van der Waals surface area contributed by atoms with Crippen molar-refractivity contribution in [3.8, 4) is 0 Å². The first kappa shape index (κ1) is 24.3. The average Bonchev–Trinajstić information content (AvgIpc) is 3.28. The Morgan fingerprint density at radius 2 is 1.88 bits per heavy atom. The Balaban J connectivity index is 1.39. The fraction of sp³-hybridized carbons (Fsp3) is 0.852. The first-order valence-corrected chi connectivity index (χ1v) is 13.0. The van der Waals surface area contributed by atoms with Gasteiger partial charge in [-0.25, -0.2) is 8.78 Å². The zero-order valence-corrected chi connectivity index (χ0v) is 20.0. The predicted octanol–water partition coefficient (Wildman–Crippen LogP) is 5.57. The molecule has 5 heteroatoms. The Hall–Kier alpha value is -0.780. The van der Waals surface area contributed by atoms with Crippen molar-refractivity contribution in [1.29, 1.82) is 0 Å². The minimum Gasteiger partial charge on any atom is -0.393 e. The molecule has 1 saturated heterocycles. The van der Waals surface area contributed by atoms with Crippen molar-refractivity contribution in [3.63, 3.8) is 0 Å². The highest BCUT2D eigenvalue weighted by molar-refractivity contribution is 5.26. The predicted molar refractivity (Wildman–Crippen MR) is 125 cm³/mol.